The van der Waals surface area contributed by atoms with Crippen molar-refractivity contribution in [1.29, 1.82) is 0 Å². The Kier molecular flexibility index (Phi) is 4.24. The predicted octanol–water partition coefficient (Wildman–Crippen LogP) is 4.00. The lowest BCUT2D eigenvalue weighted by Gasteiger charge is -1.99. The van der Waals surface area contributed by atoms with Crippen LogP contribution in [0.4, 0.5) is 0 Å². The van der Waals surface area contributed by atoms with Gasteiger partial charge in [0, 0.05) is 21.3 Å². The average Bonchev–Trinajstić information content (AvgIpc) is 2.76. The monoisotopic (exact) mass is 397 g/mol. The summed E-state index contributed by atoms with van der Waals surface area (Å²) in [5.41, 5.74) is 0. The van der Waals surface area contributed by atoms with Crippen LogP contribution in [-0.2, 0) is 13.1 Å². The van der Waals surface area contributed by atoms with Gasteiger partial charge in [-0.25, -0.2) is 0 Å². The van der Waals surface area contributed by atoms with Gasteiger partial charge in [-0.05, 0) is 56.7 Å². The minimum atomic E-state index is 0.776. The van der Waals surface area contributed by atoms with Crippen LogP contribution in [-0.4, -0.2) is 0 Å². The van der Waals surface area contributed by atoms with E-state index in [1.807, 2.05) is 12.1 Å². The molecule has 15 heavy (non-hydrogen) atoms. The van der Waals surface area contributed by atoms with Crippen molar-refractivity contribution >= 4 is 49.9 Å². The molecule has 1 N–H and O–H groups in total. The second kappa shape index (κ2) is 5.47. The second-order valence-corrected chi connectivity index (χ2v) is 6.02. The molecule has 2 aromatic rings. The number of hydrogen-bond donors (Lipinski definition) is 1. The third-order valence-electron chi connectivity index (χ3n) is 1.85. The first-order chi connectivity index (χ1) is 7.24. The van der Waals surface area contributed by atoms with Crippen LogP contribution in [0, 0.1) is 3.77 Å². The van der Waals surface area contributed by atoms with E-state index in [4.69, 9.17) is 4.42 Å². The number of furan rings is 1. The SMILES string of the molecule is Brc1csc(CNCc2ccc(I)o2)c1. The number of rotatable bonds is 4. The molecule has 0 amide bonds. The smallest absolute Gasteiger partial charge is 0.164 e. The Morgan fingerprint density at radius 1 is 1.40 bits per heavy atom. The Bertz CT molecular complexity index is 400. The molecule has 0 radical (unpaired) electrons. The van der Waals surface area contributed by atoms with E-state index in [1.165, 1.54) is 4.88 Å². The van der Waals surface area contributed by atoms with Gasteiger partial charge in [0.1, 0.15) is 5.76 Å². The zero-order valence-corrected chi connectivity index (χ0v) is 12.4. The molecular formula is C10H9BrINOS. The van der Waals surface area contributed by atoms with Crippen molar-refractivity contribution in [1.82, 2.24) is 5.32 Å². The van der Waals surface area contributed by atoms with E-state index >= 15 is 0 Å². The fourth-order valence-corrected chi connectivity index (χ4v) is 3.09. The topological polar surface area (TPSA) is 25.2 Å². The van der Waals surface area contributed by atoms with Crippen LogP contribution in [0.5, 0.6) is 0 Å². The highest BCUT2D eigenvalue weighted by Gasteiger charge is 2.00. The van der Waals surface area contributed by atoms with Crippen molar-refractivity contribution in [3.8, 4) is 0 Å². The predicted molar refractivity (Wildman–Crippen MR) is 74.0 cm³/mol. The van der Waals surface area contributed by atoms with Crippen molar-refractivity contribution in [3.63, 3.8) is 0 Å². The molecule has 80 valence electrons. The molecule has 2 nitrogen and oxygen atoms in total. The summed E-state index contributed by atoms with van der Waals surface area (Å²) in [6.07, 6.45) is 0. The molecule has 0 unspecified atom stereocenters. The van der Waals surface area contributed by atoms with E-state index in [2.05, 4.69) is 55.3 Å². The van der Waals surface area contributed by atoms with Crippen molar-refractivity contribution < 1.29 is 4.42 Å². The lowest BCUT2D eigenvalue weighted by molar-refractivity contribution is 0.463. The molecule has 2 rings (SSSR count). The molecule has 0 aliphatic carbocycles. The first kappa shape index (κ1) is 11.6. The quantitative estimate of drug-likeness (QED) is 0.789. The van der Waals surface area contributed by atoms with Gasteiger partial charge in [-0.1, -0.05) is 0 Å². The highest BCUT2D eigenvalue weighted by atomic mass is 127. The van der Waals surface area contributed by atoms with Crippen molar-refractivity contribution in [3.05, 3.63) is 42.5 Å². The van der Waals surface area contributed by atoms with Gasteiger partial charge in [-0.15, -0.1) is 11.3 Å². The molecule has 5 heteroatoms. The van der Waals surface area contributed by atoms with Crippen LogP contribution >= 0.6 is 49.9 Å². The standard InChI is InChI=1S/C10H9BrINOS/c11-7-3-9(15-6-7)5-13-4-8-1-2-10(12)14-8/h1-3,6,13H,4-5H2. The minimum Gasteiger partial charge on any atom is -0.454 e. The third kappa shape index (κ3) is 3.58. The maximum absolute atomic E-state index is 5.44. The molecule has 0 bridgehead atoms. The van der Waals surface area contributed by atoms with Crippen molar-refractivity contribution in [2.75, 3.05) is 0 Å². The molecule has 0 aromatic carbocycles. The Balaban J connectivity index is 1.80. The van der Waals surface area contributed by atoms with Crippen LogP contribution in [0.25, 0.3) is 0 Å². The highest BCUT2D eigenvalue weighted by Crippen LogP contribution is 2.19. The first-order valence-corrected chi connectivity index (χ1v) is 7.17. The van der Waals surface area contributed by atoms with Crippen LogP contribution in [0.2, 0.25) is 0 Å². The van der Waals surface area contributed by atoms with Crippen molar-refractivity contribution in [2.24, 2.45) is 0 Å². The lowest BCUT2D eigenvalue weighted by atomic mass is 10.4. The highest BCUT2D eigenvalue weighted by molar-refractivity contribution is 14.1. The van der Waals surface area contributed by atoms with E-state index in [1.54, 1.807) is 11.3 Å². The van der Waals surface area contributed by atoms with Gasteiger partial charge in [0.05, 0.1) is 6.54 Å². The molecule has 2 heterocycles. The van der Waals surface area contributed by atoms with Gasteiger partial charge in [0.15, 0.2) is 3.77 Å². The molecule has 0 saturated heterocycles. The molecule has 0 spiro atoms. The largest absolute Gasteiger partial charge is 0.454 e. The average molecular weight is 398 g/mol. The lowest BCUT2D eigenvalue weighted by Crippen LogP contribution is -2.10. The zero-order valence-electron chi connectivity index (χ0n) is 7.80. The van der Waals surface area contributed by atoms with E-state index in [0.717, 1.165) is 27.1 Å². The normalized spacial score (nSPS) is 10.8. The summed E-state index contributed by atoms with van der Waals surface area (Å²) in [4.78, 5) is 1.32. The summed E-state index contributed by atoms with van der Waals surface area (Å²) < 4.78 is 7.53. The summed E-state index contributed by atoms with van der Waals surface area (Å²) in [5, 5.41) is 5.43. The molecular weight excluding hydrogens is 389 g/mol. The summed E-state index contributed by atoms with van der Waals surface area (Å²) in [6, 6.07) is 6.10. The van der Waals surface area contributed by atoms with Crippen molar-refractivity contribution in [2.45, 2.75) is 13.1 Å². The molecule has 0 aliphatic heterocycles. The summed E-state index contributed by atoms with van der Waals surface area (Å²) in [5.74, 6) is 0.982. The Morgan fingerprint density at radius 2 is 2.27 bits per heavy atom. The van der Waals surface area contributed by atoms with Crippen LogP contribution in [0.15, 0.2) is 32.5 Å². The second-order valence-electron chi connectivity index (χ2n) is 3.04. The van der Waals surface area contributed by atoms with Gasteiger partial charge in [-0.2, -0.15) is 0 Å². The number of thiophene rings is 1. The first-order valence-electron chi connectivity index (χ1n) is 4.42. The van der Waals surface area contributed by atoms with E-state index in [9.17, 15) is 0 Å². The van der Waals surface area contributed by atoms with Gasteiger partial charge in [0.2, 0.25) is 0 Å². The fraction of sp³-hybridized carbons (Fsp3) is 0.200. The molecule has 0 fully saturated rings. The van der Waals surface area contributed by atoms with Gasteiger partial charge in [0.25, 0.3) is 0 Å². The van der Waals surface area contributed by atoms with Crippen LogP contribution < -0.4 is 5.32 Å². The molecule has 2 aromatic heterocycles. The number of hydrogen-bond acceptors (Lipinski definition) is 3. The number of nitrogens with one attached hydrogen (secondary N) is 1. The van der Waals surface area contributed by atoms with Gasteiger partial charge < -0.3 is 9.73 Å². The van der Waals surface area contributed by atoms with Gasteiger partial charge >= 0.3 is 0 Å². The van der Waals surface area contributed by atoms with Crippen LogP contribution in [0.3, 0.4) is 0 Å². The minimum absolute atomic E-state index is 0.776. The van der Waals surface area contributed by atoms with Gasteiger partial charge in [-0.3, -0.25) is 0 Å². The summed E-state index contributed by atoms with van der Waals surface area (Å²) in [6.45, 7) is 1.66. The van der Waals surface area contributed by atoms with E-state index in [0.29, 0.717) is 0 Å². The summed E-state index contributed by atoms with van der Waals surface area (Å²) >= 11 is 7.35. The third-order valence-corrected chi connectivity index (χ3v) is 4.13. The Hall–Kier alpha value is 0.150. The molecule has 0 aliphatic rings. The summed E-state index contributed by atoms with van der Waals surface area (Å²) in [7, 11) is 0. The Labute approximate surface area is 114 Å². The molecule has 0 saturated carbocycles. The zero-order chi connectivity index (χ0) is 10.7. The van der Waals surface area contributed by atoms with Crippen LogP contribution in [0.1, 0.15) is 10.6 Å². The molecule has 0 atom stereocenters. The van der Waals surface area contributed by atoms with E-state index in [-0.39, 0.29) is 0 Å². The van der Waals surface area contributed by atoms with E-state index < -0.39 is 0 Å². The number of halogens is 2. The Morgan fingerprint density at radius 3 is 2.87 bits per heavy atom. The maximum atomic E-state index is 5.44. The maximum Gasteiger partial charge on any atom is 0.164 e. The fourth-order valence-electron chi connectivity index (χ4n) is 1.20.